The molecule has 1 fully saturated rings. The van der Waals surface area contributed by atoms with E-state index in [9.17, 15) is 10.2 Å². The first-order chi connectivity index (χ1) is 6.96. The van der Waals surface area contributed by atoms with Crippen LogP contribution >= 0.6 is 0 Å². The Balaban J connectivity index is 2.57. The van der Waals surface area contributed by atoms with E-state index in [0.29, 0.717) is 5.75 Å². The molecular weight excluding hydrogens is 188 g/mol. The van der Waals surface area contributed by atoms with Gasteiger partial charge in [0.15, 0.2) is 0 Å². The molecule has 0 bridgehead atoms. The van der Waals surface area contributed by atoms with E-state index in [0.717, 1.165) is 29.5 Å². The van der Waals surface area contributed by atoms with Gasteiger partial charge in [-0.15, -0.1) is 0 Å². The Labute approximate surface area is 90.6 Å². The van der Waals surface area contributed by atoms with Crippen molar-refractivity contribution in [1.29, 1.82) is 0 Å². The number of aliphatic hydroxyl groups is 1. The molecule has 2 heteroatoms. The number of benzene rings is 1. The second kappa shape index (κ2) is 3.24. The highest BCUT2D eigenvalue weighted by molar-refractivity contribution is 5.51. The van der Waals surface area contributed by atoms with Crippen LogP contribution in [0.25, 0.3) is 0 Å². The summed E-state index contributed by atoms with van der Waals surface area (Å²) in [5, 5.41) is 20.3. The van der Waals surface area contributed by atoms with Crippen molar-refractivity contribution in [1.82, 2.24) is 0 Å². The summed E-state index contributed by atoms with van der Waals surface area (Å²) >= 11 is 0. The third-order valence-corrected chi connectivity index (χ3v) is 3.23. The Hall–Kier alpha value is -1.02. The summed E-state index contributed by atoms with van der Waals surface area (Å²) in [7, 11) is 0. The highest BCUT2D eigenvalue weighted by Gasteiger charge is 2.45. The first-order valence-corrected chi connectivity index (χ1v) is 5.51. The fourth-order valence-electron chi connectivity index (χ4n) is 2.13. The largest absolute Gasteiger partial charge is 0.507 e. The first kappa shape index (κ1) is 10.5. The second-order valence-electron chi connectivity index (χ2n) is 4.88. The minimum atomic E-state index is -0.751. The van der Waals surface area contributed by atoms with Crippen molar-refractivity contribution in [2.75, 3.05) is 0 Å². The fraction of sp³-hybridized carbons (Fsp3) is 0.538. The molecule has 1 aliphatic rings. The normalized spacial score (nSPS) is 18.2. The topological polar surface area (TPSA) is 40.5 Å². The Morgan fingerprint density at radius 3 is 2.33 bits per heavy atom. The molecule has 1 aliphatic carbocycles. The van der Waals surface area contributed by atoms with Crippen LogP contribution in [0.5, 0.6) is 5.75 Å². The Morgan fingerprint density at radius 1 is 1.27 bits per heavy atom. The molecule has 0 amide bonds. The molecule has 0 spiro atoms. The number of hydrogen-bond acceptors (Lipinski definition) is 2. The highest BCUT2D eigenvalue weighted by Crippen LogP contribution is 2.51. The van der Waals surface area contributed by atoms with Crippen LogP contribution in [0.3, 0.4) is 0 Å². The third kappa shape index (κ3) is 1.63. The van der Waals surface area contributed by atoms with Crippen molar-refractivity contribution in [3.63, 3.8) is 0 Å². The van der Waals surface area contributed by atoms with Crippen molar-refractivity contribution >= 4 is 0 Å². The number of rotatable bonds is 2. The maximum absolute atomic E-state index is 10.2. The predicted molar refractivity (Wildman–Crippen MR) is 60.1 cm³/mol. The Morgan fingerprint density at radius 2 is 1.87 bits per heavy atom. The molecule has 1 saturated carbocycles. The van der Waals surface area contributed by atoms with Gasteiger partial charge >= 0.3 is 0 Å². The van der Waals surface area contributed by atoms with E-state index >= 15 is 0 Å². The molecule has 0 radical (unpaired) electrons. The molecule has 2 N–H and O–H groups in total. The van der Waals surface area contributed by atoms with Crippen LogP contribution in [-0.2, 0) is 5.60 Å². The van der Waals surface area contributed by atoms with Gasteiger partial charge in [-0.25, -0.2) is 0 Å². The second-order valence-corrected chi connectivity index (χ2v) is 4.88. The van der Waals surface area contributed by atoms with Gasteiger partial charge in [-0.2, -0.15) is 0 Å². The van der Waals surface area contributed by atoms with Gasteiger partial charge in [-0.1, -0.05) is 26.0 Å². The lowest BCUT2D eigenvalue weighted by Crippen LogP contribution is -2.08. The van der Waals surface area contributed by atoms with Crippen LogP contribution in [0, 0.1) is 6.92 Å². The van der Waals surface area contributed by atoms with Gasteiger partial charge in [-0.05, 0) is 36.8 Å². The molecule has 82 valence electrons. The van der Waals surface area contributed by atoms with Crippen molar-refractivity contribution in [2.45, 2.75) is 45.1 Å². The van der Waals surface area contributed by atoms with Crippen LogP contribution in [0.2, 0.25) is 0 Å². The van der Waals surface area contributed by atoms with Crippen LogP contribution in [0.1, 0.15) is 49.3 Å². The van der Waals surface area contributed by atoms with E-state index in [1.165, 1.54) is 0 Å². The lowest BCUT2D eigenvalue weighted by atomic mass is 9.92. The molecule has 1 aromatic carbocycles. The molecule has 15 heavy (non-hydrogen) atoms. The average molecular weight is 206 g/mol. The van der Waals surface area contributed by atoms with E-state index in [-0.39, 0.29) is 5.92 Å². The van der Waals surface area contributed by atoms with E-state index in [4.69, 9.17) is 0 Å². The SMILES string of the molecule is Cc1ccc(C(C)C)c(O)c1C1(O)CC1. The smallest absolute Gasteiger partial charge is 0.125 e. The minimum absolute atomic E-state index is 0.284. The summed E-state index contributed by atoms with van der Waals surface area (Å²) < 4.78 is 0. The molecule has 2 rings (SSSR count). The zero-order valence-corrected chi connectivity index (χ0v) is 9.54. The molecule has 0 aliphatic heterocycles. The molecule has 0 unspecified atom stereocenters. The maximum atomic E-state index is 10.2. The fourth-order valence-corrected chi connectivity index (χ4v) is 2.13. The first-order valence-electron chi connectivity index (χ1n) is 5.51. The number of aryl methyl sites for hydroxylation is 1. The number of hydrogen-bond donors (Lipinski definition) is 2. The van der Waals surface area contributed by atoms with Crippen LogP contribution in [0.15, 0.2) is 12.1 Å². The molecule has 0 saturated heterocycles. The van der Waals surface area contributed by atoms with E-state index in [2.05, 4.69) is 0 Å². The van der Waals surface area contributed by atoms with Gasteiger partial charge in [-0.3, -0.25) is 0 Å². The quantitative estimate of drug-likeness (QED) is 0.781. The molecule has 0 aromatic heterocycles. The lowest BCUT2D eigenvalue weighted by molar-refractivity contribution is 0.147. The molecular formula is C13H18O2. The van der Waals surface area contributed by atoms with Gasteiger partial charge in [0.05, 0.1) is 5.60 Å². The summed E-state index contributed by atoms with van der Waals surface area (Å²) in [6.07, 6.45) is 1.53. The van der Waals surface area contributed by atoms with Crippen molar-refractivity contribution in [2.24, 2.45) is 0 Å². The van der Waals surface area contributed by atoms with Crippen LogP contribution < -0.4 is 0 Å². The minimum Gasteiger partial charge on any atom is -0.507 e. The zero-order valence-electron chi connectivity index (χ0n) is 9.54. The van der Waals surface area contributed by atoms with Crippen LogP contribution in [-0.4, -0.2) is 10.2 Å². The third-order valence-electron chi connectivity index (χ3n) is 3.23. The molecule has 0 atom stereocenters. The zero-order chi connectivity index (χ0) is 11.2. The lowest BCUT2D eigenvalue weighted by Gasteiger charge is -2.18. The van der Waals surface area contributed by atoms with Crippen LogP contribution in [0.4, 0.5) is 0 Å². The van der Waals surface area contributed by atoms with Crippen molar-refractivity contribution < 1.29 is 10.2 Å². The van der Waals surface area contributed by atoms with Crippen molar-refractivity contribution in [3.05, 3.63) is 28.8 Å². The number of phenols is 1. The molecule has 2 nitrogen and oxygen atoms in total. The van der Waals surface area contributed by atoms with Gasteiger partial charge in [0, 0.05) is 5.56 Å². The van der Waals surface area contributed by atoms with E-state index in [1.54, 1.807) is 0 Å². The maximum Gasteiger partial charge on any atom is 0.125 e. The van der Waals surface area contributed by atoms with E-state index < -0.39 is 5.60 Å². The molecule has 1 aromatic rings. The Kier molecular flexibility index (Phi) is 2.27. The summed E-state index contributed by atoms with van der Waals surface area (Å²) in [5.41, 5.74) is 1.90. The standard InChI is InChI=1S/C13H18O2/c1-8(2)10-5-4-9(3)11(12(10)14)13(15)6-7-13/h4-5,8,14-15H,6-7H2,1-3H3. The Bertz CT molecular complexity index is 390. The molecule has 0 heterocycles. The predicted octanol–water partition coefficient (Wildman–Crippen LogP) is 2.81. The van der Waals surface area contributed by atoms with E-state index in [1.807, 2.05) is 32.9 Å². The van der Waals surface area contributed by atoms with Gasteiger partial charge < -0.3 is 10.2 Å². The summed E-state index contributed by atoms with van der Waals surface area (Å²) in [4.78, 5) is 0. The highest BCUT2D eigenvalue weighted by atomic mass is 16.3. The van der Waals surface area contributed by atoms with Gasteiger partial charge in [0.25, 0.3) is 0 Å². The summed E-state index contributed by atoms with van der Waals surface area (Å²) in [6.45, 7) is 6.03. The summed E-state index contributed by atoms with van der Waals surface area (Å²) in [5.74, 6) is 0.580. The summed E-state index contributed by atoms with van der Waals surface area (Å²) in [6, 6.07) is 3.94. The van der Waals surface area contributed by atoms with Gasteiger partial charge in [0.1, 0.15) is 5.75 Å². The van der Waals surface area contributed by atoms with Gasteiger partial charge in [0.2, 0.25) is 0 Å². The number of phenolic OH excluding ortho intramolecular Hbond substituents is 1. The average Bonchev–Trinajstić information content (AvgIpc) is 2.83. The number of aromatic hydroxyl groups is 1. The monoisotopic (exact) mass is 206 g/mol. The van der Waals surface area contributed by atoms with Crippen molar-refractivity contribution in [3.8, 4) is 5.75 Å².